The quantitative estimate of drug-likeness (QED) is 0.0486. The zero-order valence-electron chi connectivity index (χ0n) is 33.6. The summed E-state index contributed by atoms with van der Waals surface area (Å²) in [5, 5.41) is 0. The summed E-state index contributed by atoms with van der Waals surface area (Å²) in [7, 11) is 4.18. The highest BCUT2D eigenvalue weighted by molar-refractivity contribution is 5.67. The van der Waals surface area contributed by atoms with Crippen molar-refractivity contribution in [1.82, 2.24) is 9.80 Å². The van der Waals surface area contributed by atoms with E-state index >= 15 is 0 Å². The SMILES string of the molecule is CCCCC/C=C\C/C=C\CCCCCCCCCC(CCCCCCC/C=C\C/C=C\CCCCC)OC(=O)N(CC)CCCN(C)C. The Morgan fingerprint density at radius 3 is 1.27 bits per heavy atom. The molecule has 0 saturated carbocycles. The molecular weight excluding hydrogens is 601 g/mol. The maximum Gasteiger partial charge on any atom is 0.410 e. The van der Waals surface area contributed by atoms with Crippen molar-refractivity contribution in [3.8, 4) is 0 Å². The molecule has 0 aromatic heterocycles. The molecule has 1 atom stereocenters. The molecule has 0 spiro atoms. The van der Waals surface area contributed by atoms with Crippen molar-refractivity contribution in [2.75, 3.05) is 33.7 Å². The maximum absolute atomic E-state index is 13.1. The molecule has 1 unspecified atom stereocenters. The van der Waals surface area contributed by atoms with E-state index in [2.05, 4.69) is 88.4 Å². The standard InChI is InChI=1S/C45H84N2O2/c1-6-9-11-13-15-17-19-21-23-24-26-28-30-32-34-36-38-41-44(49-45(48)47(8-3)43-39-42-46(4)5)40-37-35-33-31-29-27-25-22-20-18-16-14-12-10-7-2/h15-18,21-23,25,44H,6-14,19-20,24,26-43H2,1-5H3/b17-15-,18-16-,23-21-,25-22-. The fourth-order valence-electron chi connectivity index (χ4n) is 6.16. The van der Waals surface area contributed by atoms with Crippen LogP contribution in [0.2, 0.25) is 0 Å². The molecule has 49 heavy (non-hydrogen) atoms. The number of hydrogen-bond donors (Lipinski definition) is 0. The summed E-state index contributed by atoms with van der Waals surface area (Å²) in [4.78, 5) is 17.1. The average Bonchev–Trinajstić information content (AvgIpc) is 3.09. The van der Waals surface area contributed by atoms with Gasteiger partial charge in [-0.2, -0.15) is 0 Å². The second kappa shape index (κ2) is 39.0. The van der Waals surface area contributed by atoms with Crippen LogP contribution < -0.4 is 0 Å². The summed E-state index contributed by atoms with van der Waals surface area (Å²) in [5.74, 6) is 0. The molecule has 4 heteroatoms. The Morgan fingerprint density at radius 2 is 0.878 bits per heavy atom. The van der Waals surface area contributed by atoms with Crippen molar-refractivity contribution in [2.24, 2.45) is 0 Å². The normalized spacial score (nSPS) is 12.9. The molecule has 0 fully saturated rings. The number of nitrogens with zero attached hydrogens (tertiary/aromatic N) is 2. The zero-order valence-corrected chi connectivity index (χ0v) is 33.6. The zero-order chi connectivity index (χ0) is 35.9. The van der Waals surface area contributed by atoms with Gasteiger partial charge in [0.1, 0.15) is 6.10 Å². The number of amides is 1. The van der Waals surface area contributed by atoms with Crippen LogP contribution in [0.4, 0.5) is 4.79 Å². The summed E-state index contributed by atoms with van der Waals surface area (Å²) >= 11 is 0. The summed E-state index contributed by atoms with van der Waals surface area (Å²) in [6, 6.07) is 0. The van der Waals surface area contributed by atoms with Crippen LogP contribution in [0.5, 0.6) is 0 Å². The van der Waals surface area contributed by atoms with Crippen LogP contribution in [0.3, 0.4) is 0 Å². The molecule has 0 heterocycles. The second-order valence-electron chi connectivity index (χ2n) is 14.5. The largest absolute Gasteiger partial charge is 0.446 e. The summed E-state index contributed by atoms with van der Waals surface area (Å²) in [6.45, 7) is 9.07. The Labute approximate surface area is 307 Å². The first-order valence-electron chi connectivity index (χ1n) is 21.2. The van der Waals surface area contributed by atoms with Crippen LogP contribution in [0.25, 0.3) is 0 Å². The smallest absolute Gasteiger partial charge is 0.410 e. The van der Waals surface area contributed by atoms with E-state index in [1.165, 1.54) is 135 Å². The van der Waals surface area contributed by atoms with Gasteiger partial charge in [0.2, 0.25) is 0 Å². The average molecular weight is 685 g/mol. The third-order valence-corrected chi connectivity index (χ3v) is 9.39. The van der Waals surface area contributed by atoms with Gasteiger partial charge in [0.15, 0.2) is 0 Å². The van der Waals surface area contributed by atoms with Crippen LogP contribution >= 0.6 is 0 Å². The third-order valence-electron chi connectivity index (χ3n) is 9.39. The highest BCUT2D eigenvalue weighted by atomic mass is 16.6. The summed E-state index contributed by atoms with van der Waals surface area (Å²) in [6.07, 6.45) is 51.9. The van der Waals surface area contributed by atoms with Gasteiger partial charge in [0, 0.05) is 13.1 Å². The van der Waals surface area contributed by atoms with E-state index in [1.807, 2.05) is 4.90 Å². The summed E-state index contributed by atoms with van der Waals surface area (Å²) in [5.41, 5.74) is 0. The van der Waals surface area contributed by atoms with Crippen LogP contribution in [0.15, 0.2) is 48.6 Å². The minimum atomic E-state index is -0.106. The monoisotopic (exact) mass is 685 g/mol. The lowest BCUT2D eigenvalue weighted by Crippen LogP contribution is -2.36. The first-order chi connectivity index (χ1) is 24.0. The van der Waals surface area contributed by atoms with Crippen molar-refractivity contribution in [2.45, 2.75) is 200 Å². The number of carbonyl (C=O) groups is 1. The van der Waals surface area contributed by atoms with Crippen molar-refractivity contribution in [1.29, 1.82) is 0 Å². The molecule has 0 radical (unpaired) electrons. The third kappa shape index (κ3) is 35.8. The molecule has 0 rings (SSSR count). The van der Waals surface area contributed by atoms with E-state index in [9.17, 15) is 4.79 Å². The topological polar surface area (TPSA) is 32.8 Å². The lowest BCUT2D eigenvalue weighted by molar-refractivity contribution is 0.0530. The minimum Gasteiger partial charge on any atom is -0.446 e. The van der Waals surface area contributed by atoms with Gasteiger partial charge in [-0.25, -0.2) is 4.79 Å². The molecule has 1 amide bonds. The van der Waals surface area contributed by atoms with Gasteiger partial charge in [-0.15, -0.1) is 0 Å². The molecule has 0 aliphatic rings. The number of ether oxygens (including phenoxy) is 1. The predicted octanol–water partition coefficient (Wildman–Crippen LogP) is 14.2. The molecule has 0 N–H and O–H groups in total. The Hall–Kier alpha value is -1.81. The van der Waals surface area contributed by atoms with Crippen molar-refractivity contribution < 1.29 is 9.53 Å². The van der Waals surface area contributed by atoms with Gasteiger partial charge in [0.05, 0.1) is 0 Å². The Kier molecular flexibility index (Phi) is 37.5. The summed E-state index contributed by atoms with van der Waals surface area (Å²) < 4.78 is 6.16. The molecule has 286 valence electrons. The molecule has 0 aromatic carbocycles. The number of rotatable bonds is 36. The van der Waals surface area contributed by atoms with E-state index in [4.69, 9.17) is 4.74 Å². The van der Waals surface area contributed by atoms with Crippen molar-refractivity contribution in [3.05, 3.63) is 48.6 Å². The van der Waals surface area contributed by atoms with Gasteiger partial charge in [-0.05, 0) is 124 Å². The van der Waals surface area contributed by atoms with E-state index in [0.717, 1.165) is 51.6 Å². The van der Waals surface area contributed by atoms with Crippen LogP contribution in [0.1, 0.15) is 194 Å². The lowest BCUT2D eigenvalue weighted by atomic mass is 10.0. The molecule has 0 aliphatic carbocycles. The van der Waals surface area contributed by atoms with Gasteiger partial charge in [0.25, 0.3) is 0 Å². The van der Waals surface area contributed by atoms with Gasteiger partial charge in [-0.3, -0.25) is 0 Å². The van der Waals surface area contributed by atoms with Crippen LogP contribution in [-0.2, 0) is 4.74 Å². The predicted molar refractivity (Wildman–Crippen MR) is 219 cm³/mol. The van der Waals surface area contributed by atoms with Crippen molar-refractivity contribution >= 4 is 6.09 Å². The molecule has 4 nitrogen and oxygen atoms in total. The minimum absolute atomic E-state index is 0.0614. The molecule has 0 saturated heterocycles. The number of allylic oxidation sites excluding steroid dienone is 8. The Balaban J connectivity index is 4.27. The van der Waals surface area contributed by atoms with E-state index in [1.54, 1.807) is 0 Å². The highest BCUT2D eigenvalue weighted by Crippen LogP contribution is 2.18. The lowest BCUT2D eigenvalue weighted by Gasteiger charge is -2.25. The van der Waals surface area contributed by atoms with Gasteiger partial charge >= 0.3 is 6.09 Å². The molecule has 0 bridgehead atoms. The maximum atomic E-state index is 13.1. The van der Waals surface area contributed by atoms with Gasteiger partial charge < -0.3 is 14.5 Å². The molecule has 0 aliphatic heterocycles. The number of carbonyl (C=O) groups excluding carboxylic acids is 1. The Bertz CT molecular complexity index is 800. The van der Waals surface area contributed by atoms with Crippen LogP contribution in [0, 0.1) is 0 Å². The van der Waals surface area contributed by atoms with Crippen LogP contribution in [-0.4, -0.2) is 55.7 Å². The van der Waals surface area contributed by atoms with E-state index in [0.29, 0.717) is 6.54 Å². The first-order valence-corrected chi connectivity index (χ1v) is 21.2. The fraction of sp³-hybridized carbons (Fsp3) is 0.800. The highest BCUT2D eigenvalue weighted by Gasteiger charge is 2.19. The molecular formula is C45H84N2O2. The van der Waals surface area contributed by atoms with E-state index in [-0.39, 0.29) is 12.2 Å². The van der Waals surface area contributed by atoms with Crippen molar-refractivity contribution in [3.63, 3.8) is 0 Å². The second-order valence-corrected chi connectivity index (χ2v) is 14.5. The number of hydrogen-bond acceptors (Lipinski definition) is 3. The first kappa shape index (κ1) is 47.2. The van der Waals surface area contributed by atoms with Gasteiger partial charge in [-0.1, -0.05) is 140 Å². The molecule has 0 aromatic rings. The Morgan fingerprint density at radius 1 is 0.490 bits per heavy atom. The number of unbranched alkanes of at least 4 members (excludes halogenated alkanes) is 18. The fourth-order valence-corrected chi connectivity index (χ4v) is 6.16. The van der Waals surface area contributed by atoms with E-state index < -0.39 is 0 Å².